The zero-order valence-corrected chi connectivity index (χ0v) is 13.3. The van der Waals surface area contributed by atoms with Gasteiger partial charge in [-0.3, -0.25) is 0 Å². The van der Waals surface area contributed by atoms with Crippen LogP contribution in [0.4, 0.5) is 0 Å². The van der Waals surface area contributed by atoms with Gasteiger partial charge in [0.1, 0.15) is 11.3 Å². The molecule has 5 heteroatoms. The number of carbonyl (C=O) groups excluding carboxylic acids is 1. The Bertz CT molecular complexity index is 1030. The van der Waals surface area contributed by atoms with Gasteiger partial charge >= 0.3 is 5.97 Å². The van der Waals surface area contributed by atoms with Crippen molar-refractivity contribution in [1.82, 2.24) is 15.0 Å². The van der Waals surface area contributed by atoms with Crippen molar-refractivity contribution >= 4 is 27.9 Å². The minimum absolute atomic E-state index is 0.381. The standard InChI is InChI=1S/C19H17N3O2/c1-24-19(23)17-10-15-8-13(11-21-18(15)22-17)3-2-12-4-5-14-6-7-20-16(14)9-12/h4-11,20H,2-3H2,1H3,(H,21,22). The van der Waals surface area contributed by atoms with Gasteiger partial charge in [-0.15, -0.1) is 0 Å². The summed E-state index contributed by atoms with van der Waals surface area (Å²) in [7, 11) is 1.37. The summed E-state index contributed by atoms with van der Waals surface area (Å²) >= 11 is 0. The van der Waals surface area contributed by atoms with Gasteiger partial charge in [-0.2, -0.15) is 0 Å². The van der Waals surface area contributed by atoms with Crippen molar-refractivity contribution in [3.63, 3.8) is 0 Å². The van der Waals surface area contributed by atoms with Crippen molar-refractivity contribution in [2.24, 2.45) is 0 Å². The van der Waals surface area contributed by atoms with Gasteiger partial charge in [0.2, 0.25) is 0 Å². The van der Waals surface area contributed by atoms with E-state index in [0.29, 0.717) is 11.3 Å². The van der Waals surface area contributed by atoms with Crippen molar-refractivity contribution in [2.75, 3.05) is 7.11 Å². The Labute approximate surface area is 138 Å². The number of nitrogens with zero attached hydrogens (tertiary/aromatic N) is 1. The molecule has 3 aromatic heterocycles. The number of aryl methyl sites for hydroxylation is 2. The highest BCUT2D eigenvalue weighted by Gasteiger charge is 2.10. The van der Waals surface area contributed by atoms with Crippen molar-refractivity contribution in [1.29, 1.82) is 0 Å². The Kier molecular flexibility index (Phi) is 3.54. The fraction of sp³-hybridized carbons (Fsp3) is 0.158. The number of ether oxygens (including phenoxy) is 1. The highest BCUT2D eigenvalue weighted by Crippen LogP contribution is 2.18. The van der Waals surface area contributed by atoms with E-state index in [1.54, 1.807) is 6.07 Å². The first-order valence-electron chi connectivity index (χ1n) is 7.85. The number of aromatic nitrogens is 3. The van der Waals surface area contributed by atoms with E-state index >= 15 is 0 Å². The SMILES string of the molecule is COC(=O)c1cc2cc(CCc3ccc4cc[nH]c4c3)cnc2[nH]1. The molecule has 2 N–H and O–H groups in total. The summed E-state index contributed by atoms with van der Waals surface area (Å²) in [6, 6.07) is 12.4. The van der Waals surface area contributed by atoms with Gasteiger partial charge in [0.25, 0.3) is 0 Å². The smallest absolute Gasteiger partial charge is 0.354 e. The van der Waals surface area contributed by atoms with Crippen LogP contribution in [0.3, 0.4) is 0 Å². The van der Waals surface area contributed by atoms with Gasteiger partial charge in [0.05, 0.1) is 7.11 Å². The van der Waals surface area contributed by atoms with E-state index in [1.165, 1.54) is 18.1 Å². The zero-order valence-electron chi connectivity index (χ0n) is 13.3. The van der Waals surface area contributed by atoms with E-state index in [9.17, 15) is 4.79 Å². The molecule has 0 aliphatic heterocycles. The Balaban J connectivity index is 1.54. The average molecular weight is 319 g/mol. The van der Waals surface area contributed by atoms with Crippen LogP contribution in [0.5, 0.6) is 0 Å². The van der Waals surface area contributed by atoms with E-state index in [0.717, 1.165) is 29.3 Å². The molecule has 0 amide bonds. The predicted octanol–water partition coefficient (Wildman–Crippen LogP) is 3.62. The number of benzene rings is 1. The third-order valence-electron chi connectivity index (χ3n) is 4.25. The monoisotopic (exact) mass is 319 g/mol. The fourth-order valence-corrected chi connectivity index (χ4v) is 2.96. The largest absolute Gasteiger partial charge is 0.464 e. The van der Waals surface area contributed by atoms with E-state index < -0.39 is 0 Å². The average Bonchev–Trinajstić information content (AvgIpc) is 3.24. The number of hydrogen-bond donors (Lipinski definition) is 2. The van der Waals surface area contributed by atoms with Gasteiger partial charge in [-0.25, -0.2) is 9.78 Å². The Morgan fingerprint density at radius 3 is 2.83 bits per heavy atom. The van der Waals surface area contributed by atoms with Crippen molar-refractivity contribution < 1.29 is 9.53 Å². The number of carbonyl (C=O) groups is 1. The molecule has 0 radical (unpaired) electrons. The molecule has 0 bridgehead atoms. The molecule has 0 saturated carbocycles. The van der Waals surface area contributed by atoms with E-state index in [1.807, 2.05) is 12.4 Å². The summed E-state index contributed by atoms with van der Waals surface area (Å²) in [5.41, 5.74) is 4.72. The van der Waals surface area contributed by atoms with E-state index in [4.69, 9.17) is 4.74 Å². The Hall–Kier alpha value is -3.08. The topological polar surface area (TPSA) is 70.8 Å². The van der Waals surface area contributed by atoms with Crippen LogP contribution >= 0.6 is 0 Å². The maximum Gasteiger partial charge on any atom is 0.354 e. The van der Waals surface area contributed by atoms with Gasteiger partial charge in [-0.1, -0.05) is 12.1 Å². The van der Waals surface area contributed by atoms with Crippen molar-refractivity contribution in [3.8, 4) is 0 Å². The molecule has 0 spiro atoms. The lowest BCUT2D eigenvalue weighted by molar-refractivity contribution is 0.0595. The zero-order chi connectivity index (χ0) is 16.5. The van der Waals surface area contributed by atoms with Crippen LogP contribution in [0.15, 0.2) is 48.8 Å². The highest BCUT2D eigenvalue weighted by atomic mass is 16.5. The van der Waals surface area contributed by atoms with Crippen LogP contribution in [0, 0.1) is 0 Å². The van der Waals surface area contributed by atoms with Crippen molar-refractivity contribution in [2.45, 2.75) is 12.8 Å². The first-order valence-corrected chi connectivity index (χ1v) is 7.85. The number of hydrogen-bond acceptors (Lipinski definition) is 3. The first-order chi connectivity index (χ1) is 11.7. The van der Waals surface area contributed by atoms with Gasteiger partial charge < -0.3 is 14.7 Å². The number of H-pyrrole nitrogens is 2. The molecule has 4 rings (SSSR count). The maximum absolute atomic E-state index is 11.6. The first kappa shape index (κ1) is 14.5. The summed E-state index contributed by atoms with van der Waals surface area (Å²) in [6.45, 7) is 0. The number of rotatable bonds is 4. The van der Waals surface area contributed by atoms with E-state index in [-0.39, 0.29) is 5.97 Å². The highest BCUT2D eigenvalue weighted by molar-refractivity contribution is 5.93. The molecule has 5 nitrogen and oxygen atoms in total. The summed E-state index contributed by atoms with van der Waals surface area (Å²) in [4.78, 5) is 22.2. The summed E-state index contributed by atoms with van der Waals surface area (Å²) in [5.74, 6) is -0.381. The molecule has 0 atom stereocenters. The minimum atomic E-state index is -0.381. The minimum Gasteiger partial charge on any atom is -0.464 e. The molecule has 24 heavy (non-hydrogen) atoms. The molecule has 0 aliphatic rings. The second-order valence-corrected chi connectivity index (χ2v) is 5.86. The van der Waals surface area contributed by atoms with Crippen LogP contribution in [0.25, 0.3) is 21.9 Å². The van der Waals surface area contributed by atoms with Crippen molar-refractivity contribution in [3.05, 3.63) is 65.6 Å². The molecular formula is C19H17N3O2. The Morgan fingerprint density at radius 2 is 1.96 bits per heavy atom. The normalized spacial score (nSPS) is 11.2. The third kappa shape index (κ3) is 2.65. The molecule has 4 aromatic rings. The second kappa shape index (κ2) is 5.85. The second-order valence-electron chi connectivity index (χ2n) is 5.86. The number of fused-ring (bicyclic) bond motifs is 2. The molecule has 0 fully saturated rings. The van der Waals surface area contributed by atoms with Gasteiger partial charge in [0, 0.05) is 23.3 Å². The predicted molar refractivity (Wildman–Crippen MR) is 93.1 cm³/mol. The lowest BCUT2D eigenvalue weighted by Crippen LogP contribution is -2.00. The van der Waals surface area contributed by atoms with Crippen LogP contribution in [-0.2, 0) is 17.6 Å². The van der Waals surface area contributed by atoms with Gasteiger partial charge in [-0.05, 0) is 53.6 Å². The van der Waals surface area contributed by atoms with Gasteiger partial charge in [0.15, 0.2) is 0 Å². The maximum atomic E-state index is 11.6. The van der Waals surface area contributed by atoms with Crippen LogP contribution in [-0.4, -0.2) is 28.0 Å². The molecule has 0 aliphatic carbocycles. The fourth-order valence-electron chi connectivity index (χ4n) is 2.96. The molecular weight excluding hydrogens is 302 g/mol. The quantitative estimate of drug-likeness (QED) is 0.564. The number of methoxy groups -OCH3 is 1. The number of pyridine rings is 1. The Morgan fingerprint density at radius 1 is 1.08 bits per heavy atom. The summed E-state index contributed by atoms with van der Waals surface area (Å²) < 4.78 is 4.73. The molecule has 0 unspecified atom stereocenters. The van der Waals surface area contributed by atoms with E-state index in [2.05, 4.69) is 45.3 Å². The van der Waals surface area contributed by atoms with Crippen LogP contribution < -0.4 is 0 Å². The molecule has 3 heterocycles. The lowest BCUT2D eigenvalue weighted by Gasteiger charge is -2.03. The molecule has 0 saturated heterocycles. The number of esters is 1. The summed E-state index contributed by atoms with van der Waals surface area (Å²) in [6.07, 6.45) is 5.65. The number of aromatic amines is 2. The van der Waals surface area contributed by atoms with Crippen LogP contribution in [0.1, 0.15) is 21.6 Å². The lowest BCUT2D eigenvalue weighted by atomic mass is 10.0. The van der Waals surface area contributed by atoms with Crippen LogP contribution in [0.2, 0.25) is 0 Å². The summed E-state index contributed by atoms with van der Waals surface area (Å²) in [5, 5.41) is 2.15. The third-order valence-corrected chi connectivity index (χ3v) is 4.25. The molecule has 120 valence electrons. The number of nitrogens with one attached hydrogen (secondary N) is 2. The molecule has 1 aromatic carbocycles.